The molecule has 0 fully saturated rings. The van der Waals surface area contributed by atoms with Crippen LogP contribution in [0.4, 0.5) is 0 Å². The average molecular weight is 461 g/mol. The Morgan fingerprint density at radius 3 is 2.31 bits per heavy atom. The van der Waals surface area contributed by atoms with Crippen molar-refractivity contribution in [2.45, 2.75) is 66.0 Å². The Kier molecular flexibility index (Phi) is 12.5. The Balaban J connectivity index is 1.84. The number of rotatable bonds is 16. The molecule has 0 atom stereocenters. The van der Waals surface area contributed by atoms with Crippen LogP contribution in [0.3, 0.4) is 0 Å². The number of aryl methyl sites for hydroxylation is 1. The molecule has 0 saturated carbocycles. The van der Waals surface area contributed by atoms with Crippen molar-refractivity contribution in [3.05, 3.63) is 58.1 Å². The highest BCUT2D eigenvalue weighted by atomic mass is 35.5. The average Bonchev–Trinajstić information content (AvgIpc) is 2.80. The van der Waals surface area contributed by atoms with Gasteiger partial charge in [0.05, 0.1) is 12.1 Å². The molecule has 0 aliphatic carbocycles. The molecule has 2 rings (SSSR count). The molecule has 5 heteroatoms. The predicted molar refractivity (Wildman–Crippen MR) is 136 cm³/mol. The molecule has 2 aromatic carbocycles. The second-order valence-electron chi connectivity index (χ2n) is 8.40. The number of methoxy groups -OCH3 is 1. The highest BCUT2D eigenvalue weighted by Crippen LogP contribution is 2.37. The Hall–Kier alpha value is -1.75. The van der Waals surface area contributed by atoms with Crippen LogP contribution in [0.15, 0.2) is 36.4 Å². The van der Waals surface area contributed by atoms with Crippen LogP contribution in [-0.4, -0.2) is 38.2 Å². The summed E-state index contributed by atoms with van der Waals surface area (Å²) in [5.41, 5.74) is 3.44. The molecule has 0 aromatic heterocycles. The number of nitrogens with zero attached hydrogens (tertiary/aromatic N) is 1. The van der Waals surface area contributed by atoms with Gasteiger partial charge in [0.15, 0.2) is 11.5 Å². The van der Waals surface area contributed by atoms with E-state index in [1.165, 1.54) is 44.3 Å². The molecule has 0 radical (unpaired) electrons. The van der Waals surface area contributed by atoms with Crippen molar-refractivity contribution in [1.29, 1.82) is 0 Å². The highest BCUT2D eigenvalue weighted by molar-refractivity contribution is 6.32. The molecule has 1 N–H and O–H groups in total. The second-order valence-corrected chi connectivity index (χ2v) is 8.81. The Bertz CT molecular complexity index is 789. The molecule has 0 unspecified atom stereocenters. The zero-order valence-corrected chi connectivity index (χ0v) is 21.1. The maximum atomic E-state index is 6.56. The van der Waals surface area contributed by atoms with Gasteiger partial charge in [0.1, 0.15) is 6.61 Å². The van der Waals surface area contributed by atoms with Crippen molar-refractivity contribution in [3.8, 4) is 11.5 Å². The van der Waals surface area contributed by atoms with Gasteiger partial charge in [0, 0.05) is 6.54 Å². The van der Waals surface area contributed by atoms with Crippen molar-refractivity contribution in [2.24, 2.45) is 0 Å². The van der Waals surface area contributed by atoms with Gasteiger partial charge in [0.25, 0.3) is 0 Å². The van der Waals surface area contributed by atoms with Gasteiger partial charge in [-0.3, -0.25) is 0 Å². The summed E-state index contributed by atoms with van der Waals surface area (Å²) in [7, 11) is 1.66. The first-order valence-electron chi connectivity index (χ1n) is 12.1. The molecule has 2 aromatic rings. The molecule has 0 spiro atoms. The smallest absolute Gasteiger partial charge is 0.180 e. The van der Waals surface area contributed by atoms with Crippen LogP contribution >= 0.6 is 11.6 Å². The second kappa shape index (κ2) is 15.2. The third-order valence-electron chi connectivity index (χ3n) is 5.74. The largest absolute Gasteiger partial charge is 0.493 e. The van der Waals surface area contributed by atoms with Gasteiger partial charge in [-0.15, -0.1) is 0 Å². The Morgan fingerprint density at radius 2 is 1.66 bits per heavy atom. The molecule has 32 heavy (non-hydrogen) atoms. The van der Waals surface area contributed by atoms with Gasteiger partial charge in [-0.2, -0.15) is 0 Å². The summed E-state index contributed by atoms with van der Waals surface area (Å²) in [5.74, 6) is 1.27. The third-order valence-corrected chi connectivity index (χ3v) is 6.02. The van der Waals surface area contributed by atoms with E-state index in [-0.39, 0.29) is 0 Å². The van der Waals surface area contributed by atoms with Crippen LogP contribution in [0.1, 0.15) is 62.6 Å². The topological polar surface area (TPSA) is 33.7 Å². The number of nitrogens with one attached hydrogen (secondary N) is 1. The fourth-order valence-corrected chi connectivity index (χ4v) is 3.98. The van der Waals surface area contributed by atoms with Crippen molar-refractivity contribution in [1.82, 2.24) is 10.2 Å². The minimum absolute atomic E-state index is 0.465. The van der Waals surface area contributed by atoms with Crippen molar-refractivity contribution < 1.29 is 9.47 Å². The summed E-state index contributed by atoms with van der Waals surface area (Å²) < 4.78 is 11.6. The molecule has 0 amide bonds. The standard InChI is InChI=1S/C27H41ClN2O2/c1-5-7-15-30(16-8-6-2)17-11-14-29-20-23-18-25(28)27(26(19-23)31-4)32-21-24-13-10-9-12-22(24)3/h9-10,12-13,18-19,29H,5-8,11,14-17,20-21H2,1-4H3. The quantitative estimate of drug-likeness (QED) is 0.285. The molecular weight excluding hydrogens is 420 g/mol. The van der Waals surface area contributed by atoms with Gasteiger partial charge in [-0.25, -0.2) is 0 Å². The lowest BCUT2D eigenvalue weighted by atomic mass is 10.1. The zero-order chi connectivity index (χ0) is 23.2. The molecule has 4 nitrogen and oxygen atoms in total. The van der Waals surface area contributed by atoms with Gasteiger partial charge < -0.3 is 19.7 Å². The molecular formula is C27H41ClN2O2. The van der Waals surface area contributed by atoms with E-state index in [4.69, 9.17) is 21.1 Å². The summed E-state index contributed by atoms with van der Waals surface area (Å²) in [4.78, 5) is 2.61. The first-order valence-corrected chi connectivity index (χ1v) is 12.4. The van der Waals surface area contributed by atoms with E-state index < -0.39 is 0 Å². The minimum Gasteiger partial charge on any atom is -0.493 e. The normalized spacial score (nSPS) is 11.2. The number of ether oxygens (including phenoxy) is 2. The van der Waals surface area contributed by atoms with Crippen LogP contribution in [0.2, 0.25) is 5.02 Å². The third kappa shape index (κ3) is 9.01. The first-order chi connectivity index (χ1) is 15.6. The number of hydrogen-bond acceptors (Lipinski definition) is 4. The van der Waals surface area contributed by atoms with E-state index in [0.29, 0.717) is 23.1 Å². The fraction of sp³-hybridized carbons (Fsp3) is 0.556. The van der Waals surface area contributed by atoms with Crippen LogP contribution in [-0.2, 0) is 13.2 Å². The highest BCUT2D eigenvalue weighted by Gasteiger charge is 2.13. The van der Waals surface area contributed by atoms with Gasteiger partial charge in [0.2, 0.25) is 0 Å². The van der Waals surface area contributed by atoms with Crippen LogP contribution < -0.4 is 14.8 Å². The van der Waals surface area contributed by atoms with Gasteiger partial charge in [-0.1, -0.05) is 62.6 Å². The van der Waals surface area contributed by atoms with Crippen LogP contribution in [0, 0.1) is 6.92 Å². The maximum Gasteiger partial charge on any atom is 0.180 e. The van der Waals surface area contributed by atoms with E-state index in [1.54, 1.807) is 7.11 Å². The van der Waals surface area contributed by atoms with Crippen LogP contribution in [0.25, 0.3) is 0 Å². The lowest BCUT2D eigenvalue weighted by Crippen LogP contribution is -2.29. The maximum absolute atomic E-state index is 6.56. The summed E-state index contributed by atoms with van der Waals surface area (Å²) in [5, 5.41) is 4.13. The molecule has 178 valence electrons. The fourth-order valence-electron chi connectivity index (χ4n) is 3.70. The molecule has 0 saturated heterocycles. The van der Waals surface area contributed by atoms with Gasteiger partial charge >= 0.3 is 0 Å². The number of halogens is 1. The summed E-state index contributed by atoms with van der Waals surface area (Å²) in [6.45, 7) is 12.4. The lowest BCUT2D eigenvalue weighted by molar-refractivity contribution is 0.261. The van der Waals surface area contributed by atoms with E-state index >= 15 is 0 Å². The zero-order valence-electron chi connectivity index (χ0n) is 20.4. The van der Waals surface area contributed by atoms with E-state index in [1.807, 2.05) is 24.3 Å². The minimum atomic E-state index is 0.465. The lowest BCUT2D eigenvalue weighted by Gasteiger charge is -2.22. The number of benzene rings is 2. The Morgan fingerprint density at radius 1 is 0.969 bits per heavy atom. The summed E-state index contributed by atoms with van der Waals surface area (Å²) in [6.07, 6.45) is 6.24. The number of hydrogen-bond donors (Lipinski definition) is 1. The van der Waals surface area contributed by atoms with Crippen molar-refractivity contribution in [2.75, 3.05) is 33.3 Å². The van der Waals surface area contributed by atoms with E-state index in [2.05, 4.69) is 43.1 Å². The summed E-state index contributed by atoms with van der Waals surface area (Å²) >= 11 is 6.56. The SMILES string of the molecule is CCCCN(CCCC)CCCNCc1cc(Cl)c(OCc2ccccc2C)c(OC)c1. The predicted octanol–water partition coefficient (Wildman–Crippen LogP) is 6.62. The molecule has 0 aliphatic rings. The molecule has 0 heterocycles. The van der Waals surface area contributed by atoms with E-state index in [9.17, 15) is 0 Å². The molecule has 0 bridgehead atoms. The monoisotopic (exact) mass is 460 g/mol. The summed E-state index contributed by atoms with van der Waals surface area (Å²) in [6, 6.07) is 12.2. The Labute approximate surface area is 200 Å². The van der Waals surface area contributed by atoms with E-state index in [0.717, 1.165) is 37.2 Å². The first kappa shape index (κ1) is 26.5. The molecule has 0 aliphatic heterocycles. The van der Waals surface area contributed by atoms with Gasteiger partial charge in [-0.05, 0) is 81.2 Å². The number of unbranched alkanes of at least 4 members (excludes halogenated alkanes) is 2. The van der Waals surface area contributed by atoms with Crippen molar-refractivity contribution >= 4 is 11.6 Å². The van der Waals surface area contributed by atoms with Crippen molar-refractivity contribution in [3.63, 3.8) is 0 Å². The van der Waals surface area contributed by atoms with Crippen LogP contribution in [0.5, 0.6) is 11.5 Å².